The number of imide groups is 1. The van der Waals surface area contributed by atoms with Gasteiger partial charge in [0.15, 0.2) is 12.4 Å². The summed E-state index contributed by atoms with van der Waals surface area (Å²) in [5, 5.41) is 3.62. The van der Waals surface area contributed by atoms with Gasteiger partial charge in [-0.25, -0.2) is 4.68 Å². The molecule has 8 nitrogen and oxygen atoms in total. The molecule has 0 fully saturated rings. The summed E-state index contributed by atoms with van der Waals surface area (Å²) < 4.78 is 8.07. The molecular formula is C25H26ClN4O4+. The van der Waals surface area contributed by atoms with Crippen LogP contribution < -0.4 is 10.1 Å². The van der Waals surface area contributed by atoms with Gasteiger partial charge in [0, 0.05) is 30.0 Å². The van der Waals surface area contributed by atoms with Gasteiger partial charge in [-0.3, -0.25) is 24.4 Å². The molecule has 0 saturated carbocycles. The average molecular weight is 482 g/mol. The maximum Gasteiger partial charge on any atom is 0.326 e. The number of aromatic nitrogens is 3. The molecule has 0 unspecified atom stereocenters. The molecule has 3 heterocycles. The molecular weight excluding hydrogens is 456 g/mol. The Balaban J connectivity index is 1.98. The first-order valence-electron chi connectivity index (χ1n) is 11.0. The van der Waals surface area contributed by atoms with Crippen LogP contribution in [0, 0.1) is 6.92 Å². The fourth-order valence-corrected chi connectivity index (χ4v) is 4.22. The quantitative estimate of drug-likeness (QED) is 0.396. The molecule has 1 N–H and O–H groups in total. The highest BCUT2D eigenvalue weighted by molar-refractivity contribution is 6.44. The number of nitrogens with one attached hydrogen (secondary N) is 1. The van der Waals surface area contributed by atoms with Crippen molar-refractivity contribution in [2.75, 3.05) is 20.3 Å². The van der Waals surface area contributed by atoms with Crippen LogP contribution in [-0.2, 0) is 20.7 Å². The average Bonchev–Trinajstić information content (AvgIpc) is 3.25. The van der Waals surface area contributed by atoms with E-state index < -0.39 is 17.4 Å². The van der Waals surface area contributed by atoms with E-state index in [1.165, 1.54) is 11.8 Å². The number of amides is 2. The Hall–Kier alpha value is -3.49. The summed E-state index contributed by atoms with van der Waals surface area (Å²) >= 11 is 6.15. The van der Waals surface area contributed by atoms with E-state index in [0.717, 1.165) is 16.9 Å². The van der Waals surface area contributed by atoms with Crippen molar-refractivity contribution >= 4 is 34.7 Å². The van der Waals surface area contributed by atoms with Gasteiger partial charge in [-0.2, -0.15) is 4.57 Å². The lowest BCUT2D eigenvalue weighted by atomic mass is 10.0. The minimum absolute atomic E-state index is 0.0837. The molecule has 1 aromatic carbocycles. The Labute approximate surface area is 202 Å². The molecule has 176 valence electrons. The van der Waals surface area contributed by atoms with Crippen LogP contribution >= 0.6 is 11.6 Å². The predicted octanol–water partition coefficient (Wildman–Crippen LogP) is 2.75. The monoisotopic (exact) mass is 481 g/mol. The van der Waals surface area contributed by atoms with Crippen molar-refractivity contribution in [3.63, 3.8) is 0 Å². The second-order valence-corrected chi connectivity index (χ2v) is 8.53. The number of rotatable bonds is 8. The molecule has 0 radical (unpaired) electrons. The number of hydrogen-bond acceptors (Lipinski definition) is 4. The molecule has 3 aromatic rings. The Morgan fingerprint density at radius 2 is 1.82 bits per heavy atom. The first-order valence-corrected chi connectivity index (χ1v) is 11.4. The third kappa shape index (κ3) is 4.22. The third-order valence-corrected chi connectivity index (χ3v) is 5.93. The molecule has 9 heteroatoms. The van der Waals surface area contributed by atoms with Crippen molar-refractivity contribution in [3.05, 3.63) is 81.0 Å². The maximum atomic E-state index is 13.7. The summed E-state index contributed by atoms with van der Waals surface area (Å²) in [6, 6.07) is 10.6. The fourth-order valence-electron chi connectivity index (χ4n) is 4.03. The first-order chi connectivity index (χ1) is 16.4. The Kier molecular flexibility index (Phi) is 6.81. The van der Waals surface area contributed by atoms with Crippen LogP contribution in [0.15, 0.2) is 53.6 Å². The van der Waals surface area contributed by atoms with Gasteiger partial charge in [0.25, 0.3) is 17.2 Å². The van der Waals surface area contributed by atoms with Gasteiger partial charge in [-0.15, -0.1) is 0 Å². The van der Waals surface area contributed by atoms with Crippen molar-refractivity contribution in [1.29, 1.82) is 0 Å². The van der Waals surface area contributed by atoms with Gasteiger partial charge in [0.05, 0.1) is 24.4 Å². The summed E-state index contributed by atoms with van der Waals surface area (Å²) in [6.45, 7) is 4.19. The zero-order chi connectivity index (χ0) is 24.4. The second kappa shape index (κ2) is 9.79. The largest absolute Gasteiger partial charge is 0.383 e. The summed E-state index contributed by atoms with van der Waals surface area (Å²) in [5.41, 5.74) is 2.14. The molecule has 2 amide bonds. The molecule has 0 aliphatic carbocycles. The topological polar surface area (TPSA) is 88.3 Å². The van der Waals surface area contributed by atoms with Gasteiger partial charge in [0.2, 0.25) is 0 Å². The number of halogens is 1. The standard InChI is InChI=1S/C25H25ClN4O4/c1-4-6-19-20(24(32)30(27-19)18-8-5-7-17(26)15-18)21-22(28-11-9-16(2)10-12-28)25(33)29(23(21)31)13-14-34-3/h5,7-12,15H,4,6,13-14H2,1-3H3/p+1. The second-order valence-electron chi connectivity index (χ2n) is 8.10. The van der Waals surface area contributed by atoms with E-state index in [2.05, 4.69) is 5.10 Å². The first kappa shape index (κ1) is 23.7. The molecule has 2 aromatic heterocycles. The van der Waals surface area contributed by atoms with E-state index in [1.54, 1.807) is 41.2 Å². The fraction of sp³-hybridized carbons (Fsp3) is 0.280. The third-order valence-electron chi connectivity index (χ3n) is 5.70. The lowest BCUT2D eigenvalue weighted by Crippen LogP contribution is -2.40. The van der Waals surface area contributed by atoms with Crippen LogP contribution in [0.4, 0.5) is 0 Å². The highest BCUT2D eigenvalue weighted by Gasteiger charge is 2.47. The summed E-state index contributed by atoms with van der Waals surface area (Å²) in [4.78, 5) is 41.8. The lowest BCUT2D eigenvalue weighted by molar-refractivity contribution is -0.577. The van der Waals surface area contributed by atoms with Crippen LogP contribution in [0.3, 0.4) is 0 Å². The van der Waals surface area contributed by atoms with Crippen molar-refractivity contribution in [1.82, 2.24) is 14.7 Å². The molecule has 1 aliphatic heterocycles. The zero-order valence-electron chi connectivity index (χ0n) is 19.3. The van der Waals surface area contributed by atoms with Gasteiger partial charge in [-0.1, -0.05) is 31.0 Å². The number of H-pyrrole nitrogens is 1. The number of methoxy groups -OCH3 is 1. The number of nitrogens with zero attached hydrogens (tertiary/aromatic N) is 3. The molecule has 4 rings (SSSR count). The Morgan fingerprint density at radius 1 is 1.09 bits per heavy atom. The van der Waals surface area contributed by atoms with E-state index in [4.69, 9.17) is 16.3 Å². The lowest BCUT2D eigenvalue weighted by Gasteiger charge is -2.12. The number of aryl methyl sites for hydroxylation is 2. The van der Waals surface area contributed by atoms with E-state index in [0.29, 0.717) is 22.8 Å². The highest BCUT2D eigenvalue weighted by Crippen LogP contribution is 2.30. The maximum absolute atomic E-state index is 13.7. The van der Waals surface area contributed by atoms with E-state index in [9.17, 15) is 14.4 Å². The van der Waals surface area contributed by atoms with Crippen molar-refractivity contribution < 1.29 is 18.9 Å². The van der Waals surface area contributed by atoms with Crippen LogP contribution in [-0.4, -0.2) is 46.8 Å². The van der Waals surface area contributed by atoms with Gasteiger partial charge in [-0.05, 0) is 37.1 Å². The number of carbonyl (C=O) groups excluding carboxylic acids is 2. The van der Waals surface area contributed by atoms with Gasteiger partial charge < -0.3 is 4.74 Å². The molecule has 0 atom stereocenters. The number of benzene rings is 1. The molecule has 34 heavy (non-hydrogen) atoms. The normalized spacial score (nSPS) is 13.9. The molecule has 0 spiro atoms. The summed E-state index contributed by atoms with van der Waals surface area (Å²) in [7, 11) is 1.50. The van der Waals surface area contributed by atoms with E-state index in [1.807, 2.05) is 26.0 Å². The Morgan fingerprint density at radius 3 is 2.47 bits per heavy atom. The van der Waals surface area contributed by atoms with Gasteiger partial charge >= 0.3 is 5.91 Å². The summed E-state index contributed by atoms with van der Waals surface area (Å²) in [6.07, 6.45) is 4.69. The Bertz CT molecular complexity index is 1340. The number of carbonyl (C=O) groups is 2. The predicted molar refractivity (Wildman–Crippen MR) is 128 cm³/mol. The minimum Gasteiger partial charge on any atom is -0.383 e. The van der Waals surface area contributed by atoms with Crippen LogP contribution in [0.5, 0.6) is 0 Å². The SMILES string of the molecule is CCCc1[nH]n(-c2cccc(Cl)c2)c(=O)c1C1=C([n+]2ccc(C)cc2)C(=O)N(CCOC)C1=O. The van der Waals surface area contributed by atoms with Crippen molar-refractivity contribution in [2.45, 2.75) is 26.7 Å². The molecule has 0 bridgehead atoms. The summed E-state index contributed by atoms with van der Waals surface area (Å²) in [5.74, 6) is -0.986. The van der Waals surface area contributed by atoms with Crippen molar-refractivity contribution in [3.8, 4) is 5.69 Å². The molecule has 0 saturated heterocycles. The van der Waals surface area contributed by atoms with Crippen molar-refractivity contribution in [2.24, 2.45) is 0 Å². The van der Waals surface area contributed by atoms with Crippen LogP contribution in [0.25, 0.3) is 17.0 Å². The van der Waals surface area contributed by atoms with Gasteiger partial charge in [0.1, 0.15) is 5.57 Å². The number of ether oxygens (including phenoxy) is 1. The highest BCUT2D eigenvalue weighted by atomic mass is 35.5. The van der Waals surface area contributed by atoms with Crippen LogP contribution in [0.1, 0.15) is 30.2 Å². The molecule has 1 aliphatic rings. The van der Waals surface area contributed by atoms with Crippen LogP contribution in [0.2, 0.25) is 5.02 Å². The minimum atomic E-state index is -0.517. The number of hydrogen-bond donors (Lipinski definition) is 1. The number of aromatic amines is 1. The smallest absolute Gasteiger partial charge is 0.326 e. The van der Waals surface area contributed by atoms with E-state index in [-0.39, 0.29) is 30.0 Å². The van der Waals surface area contributed by atoms with E-state index >= 15 is 0 Å². The number of pyridine rings is 1. The zero-order valence-corrected chi connectivity index (χ0v) is 20.1.